The third-order valence-corrected chi connectivity index (χ3v) is 5.11. The number of aryl methyl sites for hydroxylation is 1. The van der Waals surface area contributed by atoms with Crippen LogP contribution in [0, 0.1) is 12.8 Å². The molecule has 1 aliphatic carbocycles. The van der Waals surface area contributed by atoms with E-state index < -0.39 is 0 Å². The lowest BCUT2D eigenvalue weighted by atomic mass is 9.86. The fraction of sp³-hybridized carbons (Fsp3) is 0.722. The molecule has 1 saturated carbocycles. The predicted octanol–water partition coefficient (Wildman–Crippen LogP) is 2.98. The van der Waals surface area contributed by atoms with Gasteiger partial charge in [0.25, 0.3) is 5.91 Å². The van der Waals surface area contributed by atoms with Crippen molar-refractivity contribution in [3.63, 3.8) is 0 Å². The maximum absolute atomic E-state index is 13.0. The van der Waals surface area contributed by atoms with E-state index in [1.165, 1.54) is 12.8 Å². The summed E-state index contributed by atoms with van der Waals surface area (Å²) >= 11 is 0. The van der Waals surface area contributed by atoms with Gasteiger partial charge in [-0.25, -0.2) is 4.98 Å². The van der Waals surface area contributed by atoms with E-state index in [0.29, 0.717) is 18.3 Å². The molecule has 1 aromatic rings. The summed E-state index contributed by atoms with van der Waals surface area (Å²) in [6, 6.07) is 0.311. The second-order valence-electron chi connectivity index (χ2n) is 7.05. The van der Waals surface area contributed by atoms with Crippen molar-refractivity contribution in [3.05, 3.63) is 23.8 Å². The Morgan fingerprint density at radius 2 is 2.00 bits per heavy atom. The summed E-state index contributed by atoms with van der Waals surface area (Å²) in [6.45, 7) is 5.69. The molecule has 5 nitrogen and oxygen atoms in total. The average molecular weight is 317 g/mol. The fourth-order valence-corrected chi connectivity index (χ4v) is 3.61. The molecule has 1 saturated heterocycles. The molecule has 1 atom stereocenters. The largest absolute Gasteiger partial charge is 0.376 e. The molecule has 1 aromatic heterocycles. The quantitative estimate of drug-likeness (QED) is 0.856. The molecule has 2 heterocycles. The third-order valence-electron chi connectivity index (χ3n) is 5.11. The van der Waals surface area contributed by atoms with Crippen molar-refractivity contribution in [1.82, 2.24) is 14.9 Å². The van der Waals surface area contributed by atoms with Gasteiger partial charge in [-0.05, 0) is 51.4 Å². The summed E-state index contributed by atoms with van der Waals surface area (Å²) in [5.41, 5.74) is 1.28. The lowest BCUT2D eigenvalue weighted by Gasteiger charge is -2.37. The van der Waals surface area contributed by atoms with Gasteiger partial charge >= 0.3 is 0 Å². The zero-order chi connectivity index (χ0) is 16.2. The summed E-state index contributed by atoms with van der Waals surface area (Å²) in [6.07, 6.45) is 10.1. The van der Waals surface area contributed by atoms with Gasteiger partial charge in [-0.3, -0.25) is 9.78 Å². The fourth-order valence-electron chi connectivity index (χ4n) is 3.61. The number of rotatable bonds is 4. The highest BCUT2D eigenvalue weighted by atomic mass is 16.5. The predicted molar refractivity (Wildman–Crippen MR) is 88.2 cm³/mol. The summed E-state index contributed by atoms with van der Waals surface area (Å²) in [7, 11) is 0. The van der Waals surface area contributed by atoms with Crippen molar-refractivity contribution < 1.29 is 9.53 Å². The first kappa shape index (κ1) is 16.4. The lowest BCUT2D eigenvalue weighted by molar-refractivity contribution is 0.0337. The maximum Gasteiger partial charge on any atom is 0.274 e. The van der Waals surface area contributed by atoms with Gasteiger partial charge in [-0.1, -0.05) is 6.92 Å². The van der Waals surface area contributed by atoms with Gasteiger partial charge in [-0.2, -0.15) is 0 Å². The van der Waals surface area contributed by atoms with Crippen LogP contribution >= 0.6 is 0 Å². The molecule has 1 amide bonds. The number of hydrogen-bond acceptors (Lipinski definition) is 4. The number of ether oxygens (including phenoxy) is 1. The van der Waals surface area contributed by atoms with Gasteiger partial charge in [0, 0.05) is 25.4 Å². The van der Waals surface area contributed by atoms with Gasteiger partial charge in [0.1, 0.15) is 5.69 Å². The van der Waals surface area contributed by atoms with E-state index in [2.05, 4.69) is 16.9 Å². The zero-order valence-corrected chi connectivity index (χ0v) is 14.2. The van der Waals surface area contributed by atoms with Gasteiger partial charge < -0.3 is 9.64 Å². The second kappa shape index (κ2) is 7.39. The van der Waals surface area contributed by atoms with Crippen molar-refractivity contribution >= 4 is 5.91 Å². The van der Waals surface area contributed by atoms with E-state index in [1.807, 2.05) is 11.8 Å². The van der Waals surface area contributed by atoms with Crippen molar-refractivity contribution in [2.75, 3.05) is 13.2 Å². The Bertz CT molecular complexity index is 518. The first-order chi connectivity index (χ1) is 11.1. The third kappa shape index (κ3) is 4.08. The molecule has 3 rings (SSSR count). The molecule has 5 heteroatoms. The van der Waals surface area contributed by atoms with Crippen LogP contribution in [0.25, 0.3) is 0 Å². The molecule has 0 N–H and O–H groups in total. The van der Waals surface area contributed by atoms with E-state index in [4.69, 9.17) is 4.74 Å². The van der Waals surface area contributed by atoms with Gasteiger partial charge in [0.2, 0.25) is 0 Å². The summed E-state index contributed by atoms with van der Waals surface area (Å²) in [4.78, 5) is 23.5. The lowest BCUT2D eigenvalue weighted by Crippen LogP contribution is -2.46. The van der Waals surface area contributed by atoms with Crippen LogP contribution in [0.5, 0.6) is 0 Å². The minimum atomic E-state index is 0.00699. The number of hydrogen-bond donors (Lipinski definition) is 0. The number of aromatic nitrogens is 2. The van der Waals surface area contributed by atoms with Gasteiger partial charge in [0.15, 0.2) is 0 Å². The van der Waals surface area contributed by atoms with E-state index in [0.717, 1.165) is 43.9 Å². The summed E-state index contributed by atoms with van der Waals surface area (Å²) in [5, 5.41) is 0. The molecule has 0 bridgehead atoms. The normalized spacial score (nSPS) is 27.8. The van der Waals surface area contributed by atoms with Crippen molar-refractivity contribution in [2.45, 2.75) is 64.5 Å². The Hall–Kier alpha value is -1.49. The SMILES string of the molecule is Cc1cnc(C(=O)N(C[C@@H]2CCCO2)C2CCC(C)CC2)cn1. The monoisotopic (exact) mass is 317 g/mol. The Morgan fingerprint density at radius 3 is 2.61 bits per heavy atom. The smallest absolute Gasteiger partial charge is 0.274 e. The van der Waals surface area contributed by atoms with Crippen LogP contribution < -0.4 is 0 Å². The molecule has 0 radical (unpaired) electrons. The molecule has 1 aliphatic heterocycles. The highest BCUT2D eigenvalue weighted by Crippen LogP contribution is 2.29. The molecule has 0 spiro atoms. The molecule has 0 unspecified atom stereocenters. The number of amides is 1. The average Bonchev–Trinajstić information content (AvgIpc) is 3.07. The number of carbonyl (C=O) groups is 1. The van der Waals surface area contributed by atoms with E-state index in [1.54, 1.807) is 12.4 Å². The van der Waals surface area contributed by atoms with Gasteiger partial charge in [-0.15, -0.1) is 0 Å². The van der Waals surface area contributed by atoms with Crippen LogP contribution in [-0.4, -0.2) is 46.1 Å². The summed E-state index contributed by atoms with van der Waals surface area (Å²) in [5.74, 6) is 0.776. The number of nitrogens with zero attached hydrogens (tertiary/aromatic N) is 3. The highest BCUT2D eigenvalue weighted by molar-refractivity contribution is 5.92. The first-order valence-corrected chi connectivity index (χ1v) is 8.84. The zero-order valence-electron chi connectivity index (χ0n) is 14.2. The maximum atomic E-state index is 13.0. The van der Waals surface area contributed by atoms with Crippen LogP contribution in [0.4, 0.5) is 0 Å². The Morgan fingerprint density at radius 1 is 1.22 bits per heavy atom. The number of carbonyl (C=O) groups excluding carboxylic acids is 1. The Kier molecular flexibility index (Phi) is 5.26. The minimum absolute atomic E-state index is 0.00699. The standard InChI is InChI=1S/C18H27N3O2/c1-13-5-7-15(8-6-13)21(12-16-4-3-9-23-16)18(22)17-11-19-14(2)10-20-17/h10-11,13,15-16H,3-9,12H2,1-2H3/t13?,15?,16-/m0/s1. The van der Waals surface area contributed by atoms with Crippen LogP contribution in [0.1, 0.15) is 61.6 Å². The molecular formula is C18H27N3O2. The topological polar surface area (TPSA) is 55.3 Å². The Labute approximate surface area is 138 Å². The summed E-state index contributed by atoms with van der Waals surface area (Å²) < 4.78 is 5.77. The molecule has 23 heavy (non-hydrogen) atoms. The van der Waals surface area contributed by atoms with E-state index in [9.17, 15) is 4.79 Å². The highest BCUT2D eigenvalue weighted by Gasteiger charge is 2.31. The molecular weight excluding hydrogens is 290 g/mol. The molecule has 126 valence electrons. The van der Waals surface area contributed by atoms with Crippen LogP contribution in [0.3, 0.4) is 0 Å². The van der Waals surface area contributed by atoms with E-state index >= 15 is 0 Å². The Balaban J connectivity index is 1.75. The van der Waals surface area contributed by atoms with E-state index in [-0.39, 0.29) is 12.0 Å². The van der Waals surface area contributed by atoms with Gasteiger partial charge in [0.05, 0.1) is 18.0 Å². The first-order valence-electron chi connectivity index (χ1n) is 8.84. The second-order valence-corrected chi connectivity index (χ2v) is 7.05. The van der Waals surface area contributed by atoms with Crippen molar-refractivity contribution in [1.29, 1.82) is 0 Å². The van der Waals surface area contributed by atoms with Crippen LogP contribution in [0.15, 0.2) is 12.4 Å². The van der Waals surface area contributed by atoms with Crippen LogP contribution in [-0.2, 0) is 4.74 Å². The molecule has 2 aliphatic rings. The minimum Gasteiger partial charge on any atom is -0.376 e. The molecule has 0 aromatic carbocycles. The van der Waals surface area contributed by atoms with Crippen molar-refractivity contribution in [2.24, 2.45) is 5.92 Å². The molecule has 2 fully saturated rings. The van der Waals surface area contributed by atoms with Crippen molar-refractivity contribution in [3.8, 4) is 0 Å². The van der Waals surface area contributed by atoms with Crippen LogP contribution in [0.2, 0.25) is 0 Å².